The first-order chi connectivity index (χ1) is 14.1. The summed E-state index contributed by atoms with van der Waals surface area (Å²) in [5.74, 6) is 0.230. The van der Waals surface area contributed by atoms with Gasteiger partial charge < -0.3 is 13.7 Å². The monoisotopic (exact) mass is 395 g/mol. The van der Waals surface area contributed by atoms with Gasteiger partial charge in [0, 0.05) is 30.1 Å². The molecule has 0 unspecified atom stereocenters. The van der Waals surface area contributed by atoms with E-state index in [1.807, 2.05) is 0 Å². The summed E-state index contributed by atoms with van der Waals surface area (Å²) in [4.78, 5) is 26.4. The highest BCUT2D eigenvalue weighted by molar-refractivity contribution is 5.86. The number of hydrogen-bond acceptors (Lipinski definition) is 9. The standard InChI is InChI=1S/C18H13N5O6/c24-18(15-7-6-14(28-15)10-22-9-1-8-19-22)27-11-16-20-17(21-29-16)12-2-4-13(5-3-12)23(25)26/h1-9H,10-11H2. The molecule has 1 aromatic carbocycles. The fourth-order valence-electron chi connectivity index (χ4n) is 2.49. The highest BCUT2D eigenvalue weighted by Gasteiger charge is 2.16. The van der Waals surface area contributed by atoms with E-state index in [-0.39, 0.29) is 29.8 Å². The smallest absolute Gasteiger partial charge is 0.374 e. The van der Waals surface area contributed by atoms with Crippen molar-refractivity contribution in [1.82, 2.24) is 19.9 Å². The number of benzene rings is 1. The zero-order chi connectivity index (χ0) is 20.2. The lowest BCUT2D eigenvalue weighted by atomic mass is 10.2. The largest absolute Gasteiger partial charge is 0.452 e. The van der Waals surface area contributed by atoms with Gasteiger partial charge in [-0.1, -0.05) is 5.16 Å². The van der Waals surface area contributed by atoms with E-state index in [1.165, 1.54) is 30.3 Å². The van der Waals surface area contributed by atoms with Gasteiger partial charge in [0.25, 0.3) is 11.6 Å². The number of non-ortho nitro benzene ring substituents is 1. The zero-order valence-electron chi connectivity index (χ0n) is 14.8. The molecule has 3 heterocycles. The predicted octanol–water partition coefficient (Wildman–Crippen LogP) is 2.84. The minimum absolute atomic E-state index is 0.0438. The molecule has 146 valence electrons. The number of nitrogens with zero attached hydrogens (tertiary/aromatic N) is 5. The second-order valence-electron chi connectivity index (χ2n) is 5.86. The number of aromatic nitrogens is 4. The number of furan rings is 1. The van der Waals surface area contributed by atoms with Crippen molar-refractivity contribution < 1.29 is 23.4 Å². The van der Waals surface area contributed by atoms with Crippen LogP contribution in [0.1, 0.15) is 22.2 Å². The van der Waals surface area contributed by atoms with Crippen molar-refractivity contribution in [2.75, 3.05) is 0 Å². The van der Waals surface area contributed by atoms with Crippen LogP contribution in [-0.2, 0) is 17.9 Å². The lowest BCUT2D eigenvalue weighted by molar-refractivity contribution is -0.384. The lowest BCUT2D eigenvalue weighted by Gasteiger charge is -1.99. The molecule has 0 fully saturated rings. The second-order valence-corrected chi connectivity index (χ2v) is 5.86. The fraction of sp³-hybridized carbons (Fsp3) is 0.111. The number of rotatable bonds is 7. The summed E-state index contributed by atoms with van der Waals surface area (Å²) in [5, 5.41) is 18.5. The number of esters is 1. The van der Waals surface area contributed by atoms with Crippen LogP contribution in [0.25, 0.3) is 11.4 Å². The Morgan fingerprint density at radius 3 is 2.76 bits per heavy atom. The van der Waals surface area contributed by atoms with E-state index in [1.54, 1.807) is 29.2 Å². The maximum Gasteiger partial charge on any atom is 0.374 e. The van der Waals surface area contributed by atoms with Gasteiger partial charge in [-0.05, 0) is 30.3 Å². The topological polar surface area (TPSA) is 139 Å². The Kier molecular flexibility index (Phi) is 4.84. The molecule has 3 aromatic heterocycles. The van der Waals surface area contributed by atoms with Crippen molar-refractivity contribution >= 4 is 11.7 Å². The Labute approximate surface area is 162 Å². The molecule has 11 heteroatoms. The van der Waals surface area contributed by atoms with Crippen molar-refractivity contribution in [3.63, 3.8) is 0 Å². The average Bonchev–Trinajstić information content (AvgIpc) is 3.49. The maximum absolute atomic E-state index is 12.1. The summed E-state index contributed by atoms with van der Waals surface area (Å²) in [6.07, 6.45) is 3.42. The van der Waals surface area contributed by atoms with Crippen molar-refractivity contribution in [2.45, 2.75) is 13.2 Å². The first-order valence-corrected chi connectivity index (χ1v) is 8.39. The minimum Gasteiger partial charge on any atom is -0.452 e. The van der Waals surface area contributed by atoms with E-state index in [0.717, 1.165) is 0 Å². The Morgan fingerprint density at radius 1 is 1.21 bits per heavy atom. The van der Waals surface area contributed by atoms with Crippen molar-refractivity contribution in [3.05, 3.63) is 82.4 Å². The molecule has 0 aliphatic heterocycles. The van der Waals surface area contributed by atoms with Crippen molar-refractivity contribution in [1.29, 1.82) is 0 Å². The van der Waals surface area contributed by atoms with Crippen LogP contribution in [0.4, 0.5) is 5.69 Å². The van der Waals surface area contributed by atoms with Crippen LogP contribution in [0, 0.1) is 10.1 Å². The fourth-order valence-corrected chi connectivity index (χ4v) is 2.49. The number of carbonyl (C=O) groups excluding carboxylic acids is 1. The number of nitro groups is 1. The molecule has 11 nitrogen and oxygen atoms in total. The Hall–Kier alpha value is -4.28. The van der Waals surface area contributed by atoms with E-state index in [2.05, 4.69) is 15.2 Å². The molecule has 0 N–H and O–H groups in total. The molecule has 0 saturated carbocycles. The Morgan fingerprint density at radius 2 is 2.03 bits per heavy atom. The van der Waals surface area contributed by atoms with Gasteiger partial charge >= 0.3 is 5.97 Å². The summed E-state index contributed by atoms with van der Waals surface area (Å²) < 4.78 is 17.3. The van der Waals surface area contributed by atoms with Gasteiger partial charge in [-0.2, -0.15) is 10.1 Å². The van der Waals surface area contributed by atoms with Gasteiger partial charge in [0.2, 0.25) is 11.6 Å². The summed E-state index contributed by atoms with van der Waals surface area (Å²) >= 11 is 0. The maximum atomic E-state index is 12.1. The van der Waals surface area contributed by atoms with Crippen LogP contribution in [0.2, 0.25) is 0 Å². The summed E-state index contributed by atoms with van der Waals surface area (Å²) in [7, 11) is 0. The Balaban J connectivity index is 1.35. The SMILES string of the molecule is O=C(OCc1nc(-c2ccc([N+](=O)[O-])cc2)no1)c1ccc(Cn2cccn2)o1. The molecule has 29 heavy (non-hydrogen) atoms. The van der Waals surface area contributed by atoms with E-state index in [4.69, 9.17) is 13.7 Å². The third-order valence-electron chi connectivity index (χ3n) is 3.87. The predicted molar refractivity (Wildman–Crippen MR) is 95.5 cm³/mol. The van der Waals surface area contributed by atoms with Crippen LogP contribution in [0.3, 0.4) is 0 Å². The zero-order valence-corrected chi connectivity index (χ0v) is 14.8. The van der Waals surface area contributed by atoms with Crippen LogP contribution in [0.15, 0.2) is 63.8 Å². The van der Waals surface area contributed by atoms with Crippen LogP contribution in [0.5, 0.6) is 0 Å². The third kappa shape index (κ3) is 4.18. The average molecular weight is 395 g/mol. The first kappa shape index (κ1) is 18.1. The molecular weight excluding hydrogens is 382 g/mol. The first-order valence-electron chi connectivity index (χ1n) is 8.39. The Bertz CT molecular complexity index is 1130. The number of nitro benzene ring substituents is 1. The number of carbonyl (C=O) groups is 1. The number of hydrogen-bond donors (Lipinski definition) is 0. The van der Waals surface area contributed by atoms with Gasteiger partial charge in [0.05, 0.1) is 11.5 Å². The van der Waals surface area contributed by atoms with Gasteiger partial charge in [0.1, 0.15) is 5.76 Å². The summed E-state index contributed by atoms with van der Waals surface area (Å²) in [6, 6.07) is 10.6. The third-order valence-corrected chi connectivity index (χ3v) is 3.87. The summed E-state index contributed by atoms with van der Waals surface area (Å²) in [6.45, 7) is 0.149. The van der Waals surface area contributed by atoms with Crippen LogP contribution in [-0.4, -0.2) is 30.8 Å². The van der Waals surface area contributed by atoms with Crippen molar-refractivity contribution in [3.8, 4) is 11.4 Å². The molecule has 0 aliphatic rings. The van der Waals surface area contributed by atoms with Crippen molar-refractivity contribution in [2.24, 2.45) is 0 Å². The van der Waals surface area contributed by atoms with Gasteiger partial charge in [-0.3, -0.25) is 14.8 Å². The molecule has 0 aliphatic carbocycles. The summed E-state index contributed by atoms with van der Waals surface area (Å²) in [5.41, 5.74) is 0.489. The highest BCUT2D eigenvalue weighted by Crippen LogP contribution is 2.20. The molecule has 0 atom stereocenters. The van der Waals surface area contributed by atoms with E-state index in [9.17, 15) is 14.9 Å². The molecular formula is C18H13N5O6. The number of ether oxygens (including phenoxy) is 1. The highest BCUT2D eigenvalue weighted by atomic mass is 16.6. The quantitative estimate of drug-likeness (QED) is 0.262. The second kappa shape index (κ2) is 7.76. The normalized spacial score (nSPS) is 10.8. The van der Waals surface area contributed by atoms with Crippen LogP contribution >= 0.6 is 0 Å². The molecule has 4 aromatic rings. The van der Waals surface area contributed by atoms with Gasteiger partial charge in [0.15, 0.2) is 6.61 Å². The molecule has 0 spiro atoms. The van der Waals surface area contributed by atoms with Gasteiger partial charge in [-0.15, -0.1) is 0 Å². The van der Waals surface area contributed by atoms with E-state index in [0.29, 0.717) is 17.9 Å². The van der Waals surface area contributed by atoms with E-state index < -0.39 is 10.9 Å². The van der Waals surface area contributed by atoms with Gasteiger partial charge in [-0.25, -0.2) is 4.79 Å². The molecule has 0 saturated heterocycles. The van der Waals surface area contributed by atoms with E-state index >= 15 is 0 Å². The minimum atomic E-state index is -0.674. The van der Waals surface area contributed by atoms with Crippen LogP contribution < -0.4 is 0 Å². The lowest BCUT2D eigenvalue weighted by Crippen LogP contribution is -2.04. The molecule has 4 rings (SSSR count). The molecule has 0 radical (unpaired) electrons. The molecule has 0 bridgehead atoms. The molecule has 0 amide bonds.